The molecular formula is C18H27NO. The van der Waals surface area contributed by atoms with Gasteiger partial charge in [-0.25, -0.2) is 0 Å². The SMILES string of the molecule is CC1CCCC1CNCc1ccc2c(c1)CC(C)(C)O2. The largest absolute Gasteiger partial charge is 0.487 e. The lowest BCUT2D eigenvalue weighted by molar-refractivity contribution is 0.138. The summed E-state index contributed by atoms with van der Waals surface area (Å²) in [5.74, 6) is 2.85. The van der Waals surface area contributed by atoms with Gasteiger partial charge in [0.15, 0.2) is 0 Å². The summed E-state index contributed by atoms with van der Waals surface area (Å²) in [5.41, 5.74) is 2.72. The van der Waals surface area contributed by atoms with Crippen LogP contribution in [0.3, 0.4) is 0 Å². The van der Waals surface area contributed by atoms with Gasteiger partial charge in [-0.15, -0.1) is 0 Å². The molecule has 1 fully saturated rings. The molecule has 2 aliphatic rings. The number of benzene rings is 1. The molecule has 0 saturated heterocycles. The molecule has 2 atom stereocenters. The summed E-state index contributed by atoms with van der Waals surface area (Å²) in [5, 5.41) is 3.65. The second kappa shape index (κ2) is 5.40. The zero-order valence-electron chi connectivity index (χ0n) is 13.0. The fourth-order valence-electron chi connectivity index (χ4n) is 3.70. The van der Waals surface area contributed by atoms with Crippen LogP contribution in [-0.2, 0) is 13.0 Å². The van der Waals surface area contributed by atoms with Gasteiger partial charge in [0.2, 0.25) is 0 Å². The highest BCUT2D eigenvalue weighted by Crippen LogP contribution is 2.35. The minimum absolute atomic E-state index is 0.0341. The first-order valence-corrected chi connectivity index (χ1v) is 8.05. The Morgan fingerprint density at radius 1 is 1.30 bits per heavy atom. The summed E-state index contributed by atoms with van der Waals surface area (Å²) < 4.78 is 5.93. The lowest BCUT2D eigenvalue weighted by atomic mass is 9.98. The minimum atomic E-state index is -0.0341. The summed E-state index contributed by atoms with van der Waals surface area (Å²) in [7, 11) is 0. The number of hydrogen-bond donors (Lipinski definition) is 1. The van der Waals surface area contributed by atoms with Gasteiger partial charge in [-0.3, -0.25) is 0 Å². The van der Waals surface area contributed by atoms with E-state index >= 15 is 0 Å². The van der Waals surface area contributed by atoms with Gasteiger partial charge in [0.25, 0.3) is 0 Å². The normalized spacial score (nSPS) is 27.4. The molecule has 20 heavy (non-hydrogen) atoms. The van der Waals surface area contributed by atoms with Crippen molar-refractivity contribution >= 4 is 0 Å². The van der Waals surface area contributed by atoms with Crippen LogP contribution in [-0.4, -0.2) is 12.1 Å². The van der Waals surface area contributed by atoms with E-state index in [0.717, 1.165) is 30.6 Å². The van der Waals surface area contributed by atoms with Crippen molar-refractivity contribution in [1.82, 2.24) is 5.32 Å². The molecule has 0 spiro atoms. The third-order valence-corrected chi connectivity index (χ3v) is 4.90. The van der Waals surface area contributed by atoms with Crippen molar-refractivity contribution in [2.45, 2.75) is 58.6 Å². The van der Waals surface area contributed by atoms with Gasteiger partial charge in [-0.1, -0.05) is 31.9 Å². The van der Waals surface area contributed by atoms with Crippen LogP contribution in [0, 0.1) is 11.8 Å². The van der Waals surface area contributed by atoms with Crippen LogP contribution >= 0.6 is 0 Å². The quantitative estimate of drug-likeness (QED) is 0.897. The number of ether oxygens (including phenoxy) is 1. The zero-order valence-corrected chi connectivity index (χ0v) is 13.0. The van der Waals surface area contributed by atoms with Crippen LogP contribution in [0.25, 0.3) is 0 Å². The molecule has 2 heteroatoms. The van der Waals surface area contributed by atoms with Crippen LogP contribution in [0.15, 0.2) is 18.2 Å². The van der Waals surface area contributed by atoms with Gasteiger partial charge in [0, 0.05) is 13.0 Å². The third kappa shape index (κ3) is 3.01. The van der Waals surface area contributed by atoms with Crippen LogP contribution in [0.1, 0.15) is 51.2 Å². The standard InChI is InChI=1S/C18H27NO/c1-13-5-4-6-15(13)12-19-11-14-7-8-17-16(9-14)10-18(2,3)20-17/h7-9,13,15,19H,4-6,10-12H2,1-3H3. The monoisotopic (exact) mass is 273 g/mol. The lowest BCUT2D eigenvalue weighted by Crippen LogP contribution is -2.24. The lowest BCUT2D eigenvalue weighted by Gasteiger charge is -2.16. The summed E-state index contributed by atoms with van der Waals surface area (Å²) in [6.45, 7) is 8.87. The molecule has 0 bridgehead atoms. The van der Waals surface area contributed by atoms with E-state index in [1.807, 2.05) is 0 Å². The van der Waals surface area contributed by atoms with Crippen molar-refractivity contribution in [3.63, 3.8) is 0 Å². The van der Waals surface area contributed by atoms with Gasteiger partial charge in [-0.05, 0) is 55.8 Å². The van der Waals surface area contributed by atoms with Crippen molar-refractivity contribution in [3.05, 3.63) is 29.3 Å². The van der Waals surface area contributed by atoms with Gasteiger partial charge < -0.3 is 10.1 Å². The van der Waals surface area contributed by atoms with E-state index in [4.69, 9.17) is 4.74 Å². The van der Waals surface area contributed by atoms with Crippen molar-refractivity contribution < 1.29 is 4.74 Å². The molecule has 1 aromatic carbocycles. The Morgan fingerprint density at radius 2 is 2.15 bits per heavy atom. The predicted octanol–water partition coefficient (Wildman–Crippen LogP) is 3.93. The van der Waals surface area contributed by atoms with E-state index < -0.39 is 0 Å². The first kappa shape index (κ1) is 13.9. The van der Waals surface area contributed by atoms with Crippen LogP contribution in [0.5, 0.6) is 5.75 Å². The molecule has 2 nitrogen and oxygen atoms in total. The molecule has 2 unspecified atom stereocenters. The van der Waals surface area contributed by atoms with Crippen molar-refractivity contribution in [3.8, 4) is 5.75 Å². The summed E-state index contributed by atoms with van der Waals surface area (Å²) >= 11 is 0. The Hall–Kier alpha value is -1.02. The summed E-state index contributed by atoms with van der Waals surface area (Å²) in [6.07, 6.45) is 5.26. The molecule has 1 aromatic rings. The molecule has 1 aliphatic heterocycles. The molecule has 110 valence electrons. The Balaban J connectivity index is 1.54. The Morgan fingerprint density at radius 3 is 2.90 bits per heavy atom. The summed E-state index contributed by atoms with van der Waals surface area (Å²) in [4.78, 5) is 0. The van der Waals surface area contributed by atoms with Gasteiger partial charge >= 0.3 is 0 Å². The van der Waals surface area contributed by atoms with Crippen molar-refractivity contribution in [1.29, 1.82) is 0 Å². The fraction of sp³-hybridized carbons (Fsp3) is 0.667. The molecule has 0 amide bonds. The van der Waals surface area contributed by atoms with Crippen LogP contribution in [0.2, 0.25) is 0 Å². The molecule has 1 heterocycles. The average Bonchev–Trinajstić information content (AvgIpc) is 2.91. The highest BCUT2D eigenvalue weighted by Gasteiger charge is 2.29. The molecule has 1 N–H and O–H groups in total. The number of hydrogen-bond acceptors (Lipinski definition) is 2. The Bertz CT molecular complexity index is 480. The zero-order chi connectivity index (χ0) is 14.2. The predicted molar refractivity (Wildman–Crippen MR) is 83.1 cm³/mol. The smallest absolute Gasteiger partial charge is 0.123 e. The van der Waals surface area contributed by atoms with E-state index in [-0.39, 0.29) is 5.60 Å². The van der Waals surface area contributed by atoms with Gasteiger partial charge in [0.05, 0.1) is 0 Å². The Kier molecular flexibility index (Phi) is 3.76. The first-order valence-electron chi connectivity index (χ1n) is 8.05. The van der Waals surface area contributed by atoms with Crippen LogP contribution in [0.4, 0.5) is 0 Å². The van der Waals surface area contributed by atoms with E-state index in [9.17, 15) is 0 Å². The highest BCUT2D eigenvalue weighted by atomic mass is 16.5. The van der Waals surface area contributed by atoms with Crippen LogP contribution < -0.4 is 10.1 Å². The second-order valence-corrected chi connectivity index (χ2v) is 7.28. The van der Waals surface area contributed by atoms with Crippen molar-refractivity contribution in [2.24, 2.45) is 11.8 Å². The molecule has 3 rings (SSSR count). The Labute approximate surface area is 122 Å². The molecule has 1 saturated carbocycles. The highest BCUT2D eigenvalue weighted by molar-refractivity contribution is 5.41. The number of fused-ring (bicyclic) bond motifs is 1. The average molecular weight is 273 g/mol. The fourth-order valence-corrected chi connectivity index (χ4v) is 3.70. The second-order valence-electron chi connectivity index (χ2n) is 7.28. The maximum Gasteiger partial charge on any atom is 0.123 e. The third-order valence-electron chi connectivity index (χ3n) is 4.90. The molecular weight excluding hydrogens is 246 g/mol. The topological polar surface area (TPSA) is 21.3 Å². The number of rotatable bonds is 4. The van der Waals surface area contributed by atoms with Gasteiger partial charge in [-0.2, -0.15) is 0 Å². The molecule has 0 aromatic heterocycles. The number of nitrogens with one attached hydrogen (secondary N) is 1. The van der Waals surface area contributed by atoms with E-state index in [2.05, 4.69) is 44.3 Å². The summed E-state index contributed by atoms with van der Waals surface area (Å²) in [6, 6.07) is 6.65. The molecule has 0 radical (unpaired) electrons. The van der Waals surface area contributed by atoms with E-state index in [0.29, 0.717) is 0 Å². The maximum absolute atomic E-state index is 5.93. The first-order chi connectivity index (χ1) is 9.53. The van der Waals surface area contributed by atoms with Gasteiger partial charge in [0.1, 0.15) is 11.4 Å². The maximum atomic E-state index is 5.93. The minimum Gasteiger partial charge on any atom is -0.487 e. The van der Waals surface area contributed by atoms with E-state index in [1.54, 1.807) is 0 Å². The van der Waals surface area contributed by atoms with Crippen molar-refractivity contribution in [2.75, 3.05) is 6.54 Å². The molecule has 1 aliphatic carbocycles. The van der Waals surface area contributed by atoms with E-state index in [1.165, 1.54) is 36.9 Å².